The minimum Gasteiger partial charge on any atom is -0.354 e. The van der Waals surface area contributed by atoms with Gasteiger partial charge in [-0.25, -0.2) is 9.97 Å². The molecule has 0 radical (unpaired) electrons. The Morgan fingerprint density at radius 2 is 1.83 bits per heavy atom. The number of amides is 1. The van der Waals surface area contributed by atoms with Gasteiger partial charge in [-0.2, -0.15) is 0 Å². The van der Waals surface area contributed by atoms with E-state index < -0.39 is 0 Å². The van der Waals surface area contributed by atoms with Gasteiger partial charge in [-0.15, -0.1) is 0 Å². The van der Waals surface area contributed by atoms with Crippen LogP contribution in [0.5, 0.6) is 0 Å². The second kappa shape index (κ2) is 8.40. The summed E-state index contributed by atoms with van der Waals surface area (Å²) >= 11 is 0. The van der Waals surface area contributed by atoms with E-state index in [1.54, 1.807) is 12.3 Å². The van der Waals surface area contributed by atoms with Crippen molar-refractivity contribution in [3.63, 3.8) is 0 Å². The van der Waals surface area contributed by atoms with E-state index in [0.29, 0.717) is 17.6 Å². The molecule has 0 spiro atoms. The molecular formula is C21H24N6O2. The molecule has 0 aliphatic carbocycles. The van der Waals surface area contributed by atoms with Gasteiger partial charge in [0.05, 0.1) is 17.2 Å². The number of anilines is 1. The Kier molecular flexibility index (Phi) is 5.53. The second-order valence-corrected chi connectivity index (χ2v) is 7.26. The molecule has 0 atom stereocenters. The maximum Gasteiger partial charge on any atom is 0.269 e. The summed E-state index contributed by atoms with van der Waals surface area (Å²) in [5.41, 5.74) is 1.96. The highest BCUT2D eigenvalue weighted by molar-refractivity contribution is 5.79. The number of fused-ring (bicyclic) bond motifs is 1. The average molecular weight is 392 g/mol. The standard InChI is InChI=1S/C21H24N6O2/c1-25-8-10-26(11-9-25)19-7-6-16(12-23-19)13-24-20(28)15-27-18-5-3-2-4-17(18)22-14-21(27)29/h2-7,12,14H,8-11,13,15H2,1H3,(H,24,28). The summed E-state index contributed by atoms with van der Waals surface area (Å²) in [4.78, 5) is 37.8. The molecule has 8 nitrogen and oxygen atoms in total. The number of piperazine rings is 1. The summed E-state index contributed by atoms with van der Waals surface area (Å²) < 4.78 is 1.44. The number of likely N-dealkylation sites (N-methyl/N-ethyl adjacent to an activating group) is 1. The molecule has 1 saturated heterocycles. The van der Waals surface area contributed by atoms with E-state index in [4.69, 9.17) is 0 Å². The lowest BCUT2D eigenvalue weighted by Gasteiger charge is -2.33. The summed E-state index contributed by atoms with van der Waals surface area (Å²) in [5.74, 6) is 0.731. The normalized spacial score (nSPS) is 14.9. The van der Waals surface area contributed by atoms with Crippen molar-refractivity contribution in [1.82, 2.24) is 24.8 Å². The van der Waals surface area contributed by atoms with Crippen molar-refractivity contribution in [3.05, 3.63) is 64.7 Å². The van der Waals surface area contributed by atoms with Gasteiger partial charge < -0.3 is 15.1 Å². The smallest absolute Gasteiger partial charge is 0.269 e. The molecule has 1 N–H and O–H groups in total. The quantitative estimate of drug-likeness (QED) is 0.694. The highest BCUT2D eigenvalue weighted by atomic mass is 16.2. The van der Waals surface area contributed by atoms with E-state index in [1.165, 1.54) is 10.8 Å². The zero-order valence-electron chi connectivity index (χ0n) is 16.4. The zero-order valence-corrected chi connectivity index (χ0v) is 16.4. The minimum absolute atomic E-state index is 0.0470. The number of benzene rings is 1. The molecule has 1 aliphatic heterocycles. The molecule has 0 bridgehead atoms. The Hall–Kier alpha value is -3.26. The van der Waals surface area contributed by atoms with Crippen LogP contribution in [-0.2, 0) is 17.9 Å². The molecule has 1 fully saturated rings. The third kappa shape index (κ3) is 4.43. The van der Waals surface area contributed by atoms with Gasteiger partial charge in [0.15, 0.2) is 0 Å². The molecule has 0 unspecified atom stereocenters. The van der Waals surface area contributed by atoms with Crippen molar-refractivity contribution >= 4 is 22.8 Å². The van der Waals surface area contributed by atoms with Crippen molar-refractivity contribution in [1.29, 1.82) is 0 Å². The lowest BCUT2D eigenvalue weighted by atomic mass is 10.2. The Morgan fingerprint density at radius 3 is 2.59 bits per heavy atom. The van der Waals surface area contributed by atoms with Crippen molar-refractivity contribution in [2.75, 3.05) is 38.1 Å². The fourth-order valence-corrected chi connectivity index (χ4v) is 3.42. The summed E-state index contributed by atoms with van der Waals surface area (Å²) in [6, 6.07) is 11.3. The Balaban J connectivity index is 1.37. The van der Waals surface area contributed by atoms with Gasteiger partial charge in [-0.3, -0.25) is 14.2 Å². The molecular weight excluding hydrogens is 368 g/mol. The molecule has 8 heteroatoms. The fourth-order valence-electron chi connectivity index (χ4n) is 3.42. The third-order valence-corrected chi connectivity index (χ3v) is 5.18. The van der Waals surface area contributed by atoms with Gasteiger partial charge in [0, 0.05) is 38.9 Å². The number of hydrogen-bond acceptors (Lipinski definition) is 6. The first-order valence-corrected chi connectivity index (χ1v) is 9.70. The molecule has 0 saturated carbocycles. The molecule has 3 aromatic rings. The third-order valence-electron chi connectivity index (χ3n) is 5.18. The molecule has 29 heavy (non-hydrogen) atoms. The Labute approximate surface area is 168 Å². The highest BCUT2D eigenvalue weighted by Crippen LogP contribution is 2.13. The molecule has 150 valence electrons. The van der Waals surface area contributed by atoms with Crippen LogP contribution in [-0.4, -0.2) is 58.6 Å². The number of carbonyl (C=O) groups excluding carboxylic acids is 1. The molecule has 3 heterocycles. The van der Waals surface area contributed by atoms with Crippen LogP contribution in [0.15, 0.2) is 53.6 Å². The summed E-state index contributed by atoms with van der Waals surface area (Å²) in [6.45, 7) is 4.31. The van der Waals surface area contributed by atoms with E-state index >= 15 is 0 Å². The van der Waals surface area contributed by atoms with Crippen LogP contribution in [0.3, 0.4) is 0 Å². The van der Waals surface area contributed by atoms with Gasteiger partial charge in [0.1, 0.15) is 12.4 Å². The van der Waals surface area contributed by atoms with Gasteiger partial charge in [-0.05, 0) is 30.8 Å². The highest BCUT2D eigenvalue weighted by Gasteiger charge is 2.15. The van der Waals surface area contributed by atoms with Crippen molar-refractivity contribution < 1.29 is 4.79 Å². The van der Waals surface area contributed by atoms with E-state index in [-0.39, 0.29) is 18.0 Å². The largest absolute Gasteiger partial charge is 0.354 e. The molecule has 2 aromatic heterocycles. The Morgan fingerprint density at radius 1 is 1.03 bits per heavy atom. The Bertz CT molecular complexity index is 1050. The SMILES string of the molecule is CN1CCN(c2ccc(CNC(=O)Cn3c(=O)cnc4ccccc43)cn2)CC1. The van der Waals surface area contributed by atoms with Gasteiger partial charge in [-0.1, -0.05) is 18.2 Å². The number of carbonyl (C=O) groups is 1. The maximum atomic E-state index is 12.4. The van der Waals surface area contributed by atoms with Crippen LogP contribution < -0.4 is 15.8 Å². The maximum absolute atomic E-state index is 12.4. The number of para-hydroxylation sites is 2. The minimum atomic E-state index is -0.294. The fraction of sp³-hybridized carbons (Fsp3) is 0.333. The first-order chi connectivity index (χ1) is 14.1. The second-order valence-electron chi connectivity index (χ2n) is 7.26. The van der Waals surface area contributed by atoms with Crippen LogP contribution in [0.2, 0.25) is 0 Å². The predicted octanol–water partition coefficient (Wildman–Crippen LogP) is 0.860. The van der Waals surface area contributed by atoms with Crippen molar-refractivity contribution in [3.8, 4) is 0 Å². The molecule has 1 aliphatic rings. The van der Waals surface area contributed by atoms with Crippen LogP contribution in [0.1, 0.15) is 5.56 Å². The first-order valence-electron chi connectivity index (χ1n) is 9.70. The molecule has 1 aromatic carbocycles. The van der Waals surface area contributed by atoms with Crippen molar-refractivity contribution in [2.45, 2.75) is 13.1 Å². The van der Waals surface area contributed by atoms with E-state index in [9.17, 15) is 9.59 Å². The van der Waals surface area contributed by atoms with Crippen molar-refractivity contribution in [2.24, 2.45) is 0 Å². The van der Waals surface area contributed by atoms with Gasteiger partial charge >= 0.3 is 0 Å². The number of nitrogens with zero attached hydrogens (tertiary/aromatic N) is 5. The average Bonchev–Trinajstić information content (AvgIpc) is 2.75. The monoisotopic (exact) mass is 392 g/mol. The lowest BCUT2D eigenvalue weighted by molar-refractivity contribution is -0.121. The number of pyridine rings is 1. The summed E-state index contributed by atoms with van der Waals surface area (Å²) in [5, 5.41) is 2.86. The topological polar surface area (TPSA) is 83.4 Å². The van der Waals surface area contributed by atoms with Crippen LogP contribution >= 0.6 is 0 Å². The lowest BCUT2D eigenvalue weighted by Crippen LogP contribution is -2.44. The summed E-state index contributed by atoms with van der Waals surface area (Å²) in [7, 11) is 2.12. The van der Waals surface area contributed by atoms with E-state index in [1.807, 2.05) is 30.3 Å². The van der Waals surface area contributed by atoms with Crippen LogP contribution in [0.25, 0.3) is 11.0 Å². The van der Waals surface area contributed by atoms with Crippen LogP contribution in [0.4, 0.5) is 5.82 Å². The molecule has 4 rings (SSSR count). The number of aromatic nitrogens is 3. The first kappa shape index (κ1) is 19.1. The van der Waals surface area contributed by atoms with Crippen LogP contribution in [0, 0.1) is 0 Å². The van der Waals surface area contributed by atoms with E-state index in [2.05, 4.69) is 32.1 Å². The van der Waals surface area contributed by atoms with E-state index in [0.717, 1.165) is 37.6 Å². The number of rotatable bonds is 5. The van der Waals surface area contributed by atoms with Gasteiger partial charge in [0.25, 0.3) is 5.56 Å². The number of nitrogens with one attached hydrogen (secondary N) is 1. The summed E-state index contributed by atoms with van der Waals surface area (Å²) in [6.07, 6.45) is 3.04. The van der Waals surface area contributed by atoms with Gasteiger partial charge in [0.2, 0.25) is 5.91 Å². The number of hydrogen-bond donors (Lipinski definition) is 1. The molecule has 1 amide bonds. The predicted molar refractivity (Wildman–Crippen MR) is 112 cm³/mol. The zero-order chi connectivity index (χ0) is 20.2.